The van der Waals surface area contributed by atoms with Crippen molar-refractivity contribution < 1.29 is 14.4 Å². The lowest BCUT2D eigenvalue weighted by Gasteiger charge is -2.32. The van der Waals surface area contributed by atoms with Crippen molar-refractivity contribution in [2.45, 2.75) is 39.2 Å². The molecule has 1 fully saturated rings. The molecule has 1 saturated heterocycles. The molecule has 3 amide bonds. The number of anilines is 2. The summed E-state index contributed by atoms with van der Waals surface area (Å²) in [7, 11) is 0. The number of piperidine rings is 1. The van der Waals surface area contributed by atoms with Gasteiger partial charge in [-0.25, -0.2) is 0 Å². The van der Waals surface area contributed by atoms with Crippen LogP contribution in [0.1, 0.15) is 43.5 Å². The van der Waals surface area contributed by atoms with Gasteiger partial charge in [0.15, 0.2) is 0 Å². The predicted molar refractivity (Wildman–Crippen MR) is 131 cm³/mol. The van der Waals surface area contributed by atoms with Crippen molar-refractivity contribution in [3.63, 3.8) is 0 Å². The third kappa shape index (κ3) is 6.96. The molecule has 0 aromatic heterocycles. The molecule has 2 aromatic rings. The van der Waals surface area contributed by atoms with Gasteiger partial charge in [0.2, 0.25) is 11.8 Å². The summed E-state index contributed by atoms with van der Waals surface area (Å²) in [5.41, 5.74) is 7.55. The van der Waals surface area contributed by atoms with Gasteiger partial charge in [-0.2, -0.15) is 0 Å². The first-order chi connectivity index (χ1) is 15.7. The Bertz CT molecular complexity index is 968. The Labute approximate surface area is 199 Å². The first-order valence-corrected chi connectivity index (χ1v) is 11.6. The molecule has 0 spiro atoms. The zero-order chi connectivity index (χ0) is 24.0. The third-order valence-electron chi connectivity index (χ3n) is 5.83. The van der Waals surface area contributed by atoms with Gasteiger partial charge in [0.25, 0.3) is 5.91 Å². The van der Waals surface area contributed by atoms with E-state index in [0.717, 1.165) is 31.6 Å². The Hall–Kier alpha value is -3.06. The highest BCUT2D eigenvalue weighted by atomic mass is 35.5. The molecule has 1 aliphatic rings. The summed E-state index contributed by atoms with van der Waals surface area (Å²) in [6.45, 7) is 5.55. The van der Waals surface area contributed by atoms with Crippen LogP contribution in [0.15, 0.2) is 48.5 Å². The molecule has 1 heterocycles. The smallest absolute Gasteiger partial charge is 0.251 e. The number of nitrogens with zero attached hydrogens (tertiary/aromatic N) is 1. The van der Waals surface area contributed by atoms with Gasteiger partial charge in [0, 0.05) is 41.0 Å². The number of halogens is 1. The number of hydrogen-bond acceptors (Lipinski definition) is 4. The molecular formula is C25H31ClN4O3. The second-order valence-electron chi connectivity index (χ2n) is 8.86. The monoisotopic (exact) mass is 470 g/mol. The van der Waals surface area contributed by atoms with E-state index >= 15 is 0 Å². The van der Waals surface area contributed by atoms with E-state index in [2.05, 4.69) is 15.5 Å². The minimum absolute atomic E-state index is 0.0548. The summed E-state index contributed by atoms with van der Waals surface area (Å²) in [5, 5.41) is 6.30. The molecule has 33 heavy (non-hydrogen) atoms. The van der Waals surface area contributed by atoms with E-state index in [0.29, 0.717) is 22.7 Å². The summed E-state index contributed by atoms with van der Waals surface area (Å²) < 4.78 is 0. The van der Waals surface area contributed by atoms with Crippen LogP contribution in [0.3, 0.4) is 0 Å². The molecule has 1 aliphatic heterocycles. The van der Waals surface area contributed by atoms with Crippen LogP contribution in [0.2, 0.25) is 5.02 Å². The molecule has 2 aromatic carbocycles. The molecule has 0 saturated carbocycles. The Morgan fingerprint density at radius 2 is 1.64 bits per heavy atom. The number of carbonyl (C=O) groups excluding carboxylic acids is 3. The van der Waals surface area contributed by atoms with Crippen LogP contribution in [-0.2, 0) is 9.59 Å². The molecule has 1 atom stereocenters. The van der Waals surface area contributed by atoms with Crippen LogP contribution in [0, 0.1) is 11.8 Å². The van der Waals surface area contributed by atoms with Crippen molar-refractivity contribution in [2.75, 3.05) is 23.3 Å². The second kappa shape index (κ2) is 11.2. The minimum atomic E-state index is -0.666. The van der Waals surface area contributed by atoms with Gasteiger partial charge in [-0.15, -0.1) is 0 Å². The number of nitrogens with two attached hydrogens (primary N) is 1. The predicted octanol–water partition coefficient (Wildman–Crippen LogP) is 3.82. The molecule has 0 aliphatic carbocycles. The average molecular weight is 471 g/mol. The van der Waals surface area contributed by atoms with Crippen molar-refractivity contribution in [3.8, 4) is 0 Å². The van der Waals surface area contributed by atoms with Gasteiger partial charge in [-0.05, 0) is 73.7 Å². The maximum Gasteiger partial charge on any atom is 0.251 e. The van der Waals surface area contributed by atoms with Crippen LogP contribution in [0.25, 0.3) is 0 Å². The lowest BCUT2D eigenvalue weighted by Crippen LogP contribution is -2.44. The molecular weight excluding hydrogens is 440 g/mol. The molecule has 176 valence electrons. The number of carbonyl (C=O) groups is 3. The lowest BCUT2D eigenvalue weighted by atomic mass is 9.96. The summed E-state index contributed by atoms with van der Waals surface area (Å²) in [6.07, 6.45) is 2.01. The van der Waals surface area contributed by atoms with Crippen molar-refractivity contribution in [1.82, 2.24) is 5.32 Å². The SMILES string of the molecule is CC(C)CC(NC(=O)c1ccc(Cl)cc1)C(=O)Nc1ccc(N2CCC(C(N)=O)CC2)cc1. The van der Waals surface area contributed by atoms with E-state index in [1.165, 1.54) is 0 Å². The fourth-order valence-electron chi connectivity index (χ4n) is 3.95. The van der Waals surface area contributed by atoms with E-state index < -0.39 is 6.04 Å². The van der Waals surface area contributed by atoms with Gasteiger partial charge >= 0.3 is 0 Å². The normalized spacial score (nSPS) is 15.2. The minimum Gasteiger partial charge on any atom is -0.371 e. The second-order valence-corrected chi connectivity index (χ2v) is 9.30. The average Bonchev–Trinajstić information content (AvgIpc) is 2.79. The number of rotatable bonds is 8. The molecule has 3 rings (SSSR count). The van der Waals surface area contributed by atoms with E-state index in [-0.39, 0.29) is 29.6 Å². The van der Waals surface area contributed by atoms with Crippen LogP contribution in [-0.4, -0.2) is 36.9 Å². The largest absolute Gasteiger partial charge is 0.371 e. The summed E-state index contributed by atoms with van der Waals surface area (Å²) in [6, 6.07) is 13.5. The quantitative estimate of drug-likeness (QED) is 0.545. The van der Waals surface area contributed by atoms with Gasteiger partial charge in [0.1, 0.15) is 6.04 Å². The van der Waals surface area contributed by atoms with Crippen molar-refractivity contribution in [1.29, 1.82) is 0 Å². The van der Waals surface area contributed by atoms with E-state index in [1.807, 2.05) is 38.1 Å². The fraction of sp³-hybridized carbons (Fsp3) is 0.400. The van der Waals surface area contributed by atoms with Gasteiger partial charge in [0.05, 0.1) is 0 Å². The number of nitrogens with one attached hydrogen (secondary N) is 2. The first-order valence-electron chi connectivity index (χ1n) is 11.2. The van der Waals surface area contributed by atoms with E-state index in [9.17, 15) is 14.4 Å². The number of hydrogen-bond donors (Lipinski definition) is 3. The molecule has 8 heteroatoms. The molecule has 7 nitrogen and oxygen atoms in total. The van der Waals surface area contributed by atoms with Crippen LogP contribution in [0.4, 0.5) is 11.4 Å². The Balaban J connectivity index is 1.61. The van der Waals surface area contributed by atoms with Gasteiger partial charge in [-0.1, -0.05) is 25.4 Å². The Morgan fingerprint density at radius 1 is 1.03 bits per heavy atom. The Morgan fingerprint density at radius 3 is 2.18 bits per heavy atom. The number of amides is 3. The van der Waals surface area contributed by atoms with E-state index in [1.54, 1.807) is 24.3 Å². The van der Waals surface area contributed by atoms with Gasteiger partial charge < -0.3 is 21.3 Å². The number of primary amides is 1. The lowest BCUT2D eigenvalue weighted by molar-refractivity contribution is -0.122. The fourth-order valence-corrected chi connectivity index (χ4v) is 4.08. The van der Waals surface area contributed by atoms with Crippen LogP contribution < -0.4 is 21.3 Å². The molecule has 0 bridgehead atoms. The number of benzene rings is 2. The van der Waals surface area contributed by atoms with Crippen LogP contribution >= 0.6 is 11.6 Å². The van der Waals surface area contributed by atoms with E-state index in [4.69, 9.17) is 17.3 Å². The highest BCUT2D eigenvalue weighted by Crippen LogP contribution is 2.24. The summed E-state index contributed by atoms with van der Waals surface area (Å²) in [5.74, 6) is -0.646. The summed E-state index contributed by atoms with van der Waals surface area (Å²) >= 11 is 5.89. The summed E-state index contributed by atoms with van der Waals surface area (Å²) in [4.78, 5) is 39.1. The van der Waals surface area contributed by atoms with Crippen LogP contribution in [0.5, 0.6) is 0 Å². The van der Waals surface area contributed by atoms with Crippen molar-refractivity contribution >= 4 is 40.7 Å². The van der Waals surface area contributed by atoms with Crippen molar-refractivity contribution in [3.05, 3.63) is 59.1 Å². The highest BCUT2D eigenvalue weighted by molar-refractivity contribution is 6.30. The molecule has 4 N–H and O–H groups in total. The Kier molecular flexibility index (Phi) is 8.33. The molecule has 1 unspecified atom stereocenters. The van der Waals surface area contributed by atoms with Crippen molar-refractivity contribution in [2.24, 2.45) is 17.6 Å². The first kappa shape index (κ1) is 24.6. The standard InChI is InChI=1S/C25H31ClN4O3/c1-16(2)15-22(29-24(32)18-3-5-19(26)6-4-18)25(33)28-20-7-9-21(10-8-20)30-13-11-17(12-14-30)23(27)31/h3-10,16-17,22H,11-15H2,1-2H3,(H2,27,31)(H,28,33)(H,29,32). The maximum atomic E-state index is 13.0. The topological polar surface area (TPSA) is 105 Å². The van der Waals surface area contributed by atoms with Gasteiger partial charge in [-0.3, -0.25) is 14.4 Å². The zero-order valence-corrected chi connectivity index (χ0v) is 19.8. The zero-order valence-electron chi connectivity index (χ0n) is 19.0. The highest BCUT2D eigenvalue weighted by Gasteiger charge is 2.24. The third-order valence-corrected chi connectivity index (χ3v) is 6.08. The molecule has 0 radical (unpaired) electrons. The maximum absolute atomic E-state index is 13.0.